The summed E-state index contributed by atoms with van der Waals surface area (Å²) in [6.45, 7) is 8.33. The van der Waals surface area contributed by atoms with Gasteiger partial charge in [0.2, 0.25) is 5.91 Å². The lowest BCUT2D eigenvalue weighted by Crippen LogP contribution is -2.21. The number of hydrogen-bond donors (Lipinski definition) is 1. The molecule has 2 rings (SSSR count). The molecule has 0 spiro atoms. The summed E-state index contributed by atoms with van der Waals surface area (Å²) in [6, 6.07) is 14.5. The number of halogens is 1. The van der Waals surface area contributed by atoms with Crippen LogP contribution in [0.4, 0.5) is 4.39 Å². The van der Waals surface area contributed by atoms with Crippen molar-refractivity contribution in [3.63, 3.8) is 0 Å². The molecule has 0 radical (unpaired) electrons. The van der Waals surface area contributed by atoms with Crippen LogP contribution >= 0.6 is 11.8 Å². The van der Waals surface area contributed by atoms with Gasteiger partial charge in [-0.25, -0.2) is 9.82 Å². The van der Waals surface area contributed by atoms with Crippen LogP contribution < -0.4 is 5.43 Å². The lowest BCUT2D eigenvalue weighted by Gasteiger charge is -2.19. The van der Waals surface area contributed by atoms with E-state index in [0.717, 1.165) is 23.0 Å². The molecule has 0 heterocycles. The third-order valence-corrected chi connectivity index (χ3v) is 4.76. The molecule has 2 aromatic carbocycles. The lowest BCUT2D eigenvalue weighted by atomic mass is 9.86. The van der Waals surface area contributed by atoms with Gasteiger partial charge in [-0.1, -0.05) is 57.2 Å². The molecular weight excluding hydrogens is 335 g/mol. The summed E-state index contributed by atoms with van der Waals surface area (Å²) in [5, 5.41) is 4.13. The largest absolute Gasteiger partial charge is 0.272 e. The van der Waals surface area contributed by atoms with Crippen molar-refractivity contribution in [1.82, 2.24) is 5.43 Å². The van der Waals surface area contributed by atoms with E-state index in [2.05, 4.69) is 43.4 Å². The first-order chi connectivity index (χ1) is 11.8. The normalized spacial score (nSPS) is 12.1. The van der Waals surface area contributed by atoms with Crippen LogP contribution in [-0.4, -0.2) is 17.4 Å². The number of nitrogens with one attached hydrogen (secondary N) is 1. The van der Waals surface area contributed by atoms with Crippen molar-refractivity contribution in [2.45, 2.75) is 38.0 Å². The van der Waals surface area contributed by atoms with Crippen LogP contribution in [0.1, 0.15) is 38.8 Å². The van der Waals surface area contributed by atoms with Crippen molar-refractivity contribution in [3.05, 3.63) is 65.5 Å². The fourth-order valence-corrected chi connectivity index (χ4v) is 2.89. The van der Waals surface area contributed by atoms with Gasteiger partial charge in [-0.15, -0.1) is 11.8 Å². The van der Waals surface area contributed by atoms with Gasteiger partial charge >= 0.3 is 0 Å². The second kappa shape index (κ2) is 8.30. The number of benzene rings is 2. The van der Waals surface area contributed by atoms with E-state index in [1.54, 1.807) is 18.2 Å². The Morgan fingerprint density at radius 2 is 1.76 bits per heavy atom. The molecule has 3 nitrogen and oxygen atoms in total. The van der Waals surface area contributed by atoms with Crippen LogP contribution in [0.5, 0.6) is 0 Å². The Balaban J connectivity index is 1.92. The van der Waals surface area contributed by atoms with Crippen molar-refractivity contribution in [2.24, 2.45) is 5.10 Å². The van der Waals surface area contributed by atoms with Crippen molar-refractivity contribution >= 4 is 23.4 Å². The SMILES string of the molecule is C/C(=N/NC(=O)CSc1ccccc1F)c1ccc(C(C)(C)C)cc1. The standard InChI is InChI=1S/C20H23FN2OS/c1-14(15-9-11-16(12-10-15)20(2,3)4)22-23-19(24)13-25-18-8-6-5-7-17(18)21/h5-12H,13H2,1-4H3,(H,23,24)/b22-14-. The van der Waals surface area contributed by atoms with Gasteiger partial charge < -0.3 is 0 Å². The quantitative estimate of drug-likeness (QED) is 0.476. The van der Waals surface area contributed by atoms with E-state index in [1.165, 1.54) is 11.6 Å². The molecule has 0 unspecified atom stereocenters. The first kappa shape index (κ1) is 19.2. The van der Waals surface area contributed by atoms with E-state index in [9.17, 15) is 9.18 Å². The van der Waals surface area contributed by atoms with Crippen LogP contribution in [0.3, 0.4) is 0 Å². The van der Waals surface area contributed by atoms with Gasteiger partial charge in [0.25, 0.3) is 0 Å². The number of nitrogens with zero attached hydrogens (tertiary/aromatic N) is 1. The highest BCUT2D eigenvalue weighted by Gasteiger charge is 2.13. The molecule has 0 saturated heterocycles. The highest BCUT2D eigenvalue weighted by molar-refractivity contribution is 8.00. The Hall–Kier alpha value is -2.14. The van der Waals surface area contributed by atoms with Crippen LogP contribution in [0.25, 0.3) is 0 Å². The number of carbonyl (C=O) groups excluding carboxylic acids is 1. The van der Waals surface area contributed by atoms with E-state index in [-0.39, 0.29) is 22.9 Å². The Labute approximate surface area is 152 Å². The molecule has 0 aliphatic rings. The lowest BCUT2D eigenvalue weighted by molar-refractivity contribution is -0.118. The van der Waals surface area contributed by atoms with Crippen LogP contribution in [0, 0.1) is 5.82 Å². The van der Waals surface area contributed by atoms with Crippen LogP contribution in [0.2, 0.25) is 0 Å². The predicted molar refractivity (Wildman–Crippen MR) is 103 cm³/mol. The van der Waals surface area contributed by atoms with Gasteiger partial charge in [0.05, 0.1) is 11.5 Å². The molecule has 1 amide bonds. The van der Waals surface area contributed by atoms with Crippen LogP contribution in [0.15, 0.2) is 58.5 Å². The Kier molecular flexibility index (Phi) is 6.37. The summed E-state index contributed by atoms with van der Waals surface area (Å²) in [5.41, 5.74) is 5.55. The van der Waals surface area contributed by atoms with Crippen molar-refractivity contribution in [1.29, 1.82) is 0 Å². The first-order valence-corrected chi connectivity index (χ1v) is 9.07. The van der Waals surface area contributed by atoms with E-state index in [4.69, 9.17) is 0 Å². The fraction of sp³-hybridized carbons (Fsp3) is 0.300. The summed E-state index contributed by atoms with van der Waals surface area (Å²) < 4.78 is 13.5. The van der Waals surface area contributed by atoms with Crippen molar-refractivity contribution in [2.75, 3.05) is 5.75 Å². The average Bonchev–Trinajstić information content (AvgIpc) is 2.58. The maximum absolute atomic E-state index is 13.5. The van der Waals surface area contributed by atoms with E-state index < -0.39 is 0 Å². The zero-order chi connectivity index (χ0) is 18.4. The molecule has 2 aromatic rings. The molecule has 0 saturated carbocycles. The number of hydrazone groups is 1. The molecule has 132 valence electrons. The summed E-state index contributed by atoms with van der Waals surface area (Å²) in [4.78, 5) is 12.3. The summed E-state index contributed by atoms with van der Waals surface area (Å²) >= 11 is 1.15. The highest BCUT2D eigenvalue weighted by Crippen LogP contribution is 2.22. The zero-order valence-electron chi connectivity index (χ0n) is 15.0. The van der Waals surface area contributed by atoms with Gasteiger partial charge in [-0.2, -0.15) is 5.10 Å². The average molecular weight is 358 g/mol. The third-order valence-electron chi connectivity index (χ3n) is 3.71. The zero-order valence-corrected chi connectivity index (χ0v) is 15.8. The number of amides is 1. The number of carbonyl (C=O) groups is 1. The van der Waals surface area contributed by atoms with Gasteiger partial charge in [-0.05, 0) is 35.6 Å². The maximum Gasteiger partial charge on any atom is 0.250 e. The molecule has 25 heavy (non-hydrogen) atoms. The summed E-state index contributed by atoms with van der Waals surface area (Å²) in [6.07, 6.45) is 0. The van der Waals surface area contributed by atoms with E-state index in [0.29, 0.717) is 4.90 Å². The first-order valence-electron chi connectivity index (χ1n) is 8.09. The smallest absolute Gasteiger partial charge is 0.250 e. The second-order valence-electron chi connectivity index (χ2n) is 6.78. The molecule has 0 aliphatic heterocycles. The maximum atomic E-state index is 13.5. The number of thioether (sulfide) groups is 1. The summed E-state index contributed by atoms with van der Waals surface area (Å²) in [7, 11) is 0. The van der Waals surface area contributed by atoms with E-state index in [1.807, 2.05) is 19.1 Å². The third kappa shape index (κ3) is 5.71. The number of hydrogen-bond acceptors (Lipinski definition) is 3. The minimum atomic E-state index is -0.320. The molecular formula is C20H23FN2OS. The molecule has 0 bridgehead atoms. The highest BCUT2D eigenvalue weighted by atomic mass is 32.2. The van der Waals surface area contributed by atoms with Gasteiger partial charge in [-0.3, -0.25) is 4.79 Å². The van der Waals surface area contributed by atoms with Gasteiger partial charge in [0, 0.05) is 4.90 Å². The minimum Gasteiger partial charge on any atom is -0.272 e. The molecule has 0 atom stereocenters. The predicted octanol–water partition coefficient (Wildman–Crippen LogP) is 4.76. The Bertz CT molecular complexity index is 764. The van der Waals surface area contributed by atoms with Crippen molar-refractivity contribution < 1.29 is 9.18 Å². The molecule has 1 N–H and O–H groups in total. The fourth-order valence-electron chi connectivity index (χ4n) is 2.16. The molecule has 0 aliphatic carbocycles. The second-order valence-corrected chi connectivity index (χ2v) is 7.80. The minimum absolute atomic E-state index is 0.0989. The van der Waals surface area contributed by atoms with Gasteiger partial charge in [0.15, 0.2) is 0 Å². The molecule has 0 aromatic heterocycles. The molecule has 5 heteroatoms. The topological polar surface area (TPSA) is 41.5 Å². The van der Waals surface area contributed by atoms with Crippen LogP contribution in [-0.2, 0) is 10.2 Å². The monoisotopic (exact) mass is 358 g/mol. The summed E-state index contributed by atoms with van der Waals surface area (Å²) in [5.74, 6) is -0.474. The number of rotatable bonds is 5. The Morgan fingerprint density at radius 1 is 1.12 bits per heavy atom. The Morgan fingerprint density at radius 3 is 2.36 bits per heavy atom. The van der Waals surface area contributed by atoms with Gasteiger partial charge in [0.1, 0.15) is 5.82 Å². The molecule has 0 fully saturated rings. The van der Waals surface area contributed by atoms with Crippen molar-refractivity contribution in [3.8, 4) is 0 Å². The van der Waals surface area contributed by atoms with E-state index >= 15 is 0 Å².